The SMILES string of the molecule is CCOC(=O)C(CC(=O)O)NC[Si](OCC)(OCC)OCC. The van der Waals surface area contributed by atoms with Gasteiger partial charge < -0.3 is 23.1 Å². The Bertz CT molecular complexity index is 323. The number of hydrogen-bond acceptors (Lipinski definition) is 7. The van der Waals surface area contributed by atoms with Crippen molar-refractivity contribution in [2.24, 2.45) is 0 Å². The lowest BCUT2D eigenvalue weighted by Gasteiger charge is -2.29. The Balaban J connectivity index is 4.91. The minimum Gasteiger partial charge on any atom is -0.481 e. The van der Waals surface area contributed by atoms with Gasteiger partial charge in [0.25, 0.3) is 0 Å². The molecule has 8 nitrogen and oxygen atoms in total. The lowest BCUT2D eigenvalue weighted by Crippen LogP contribution is -2.57. The summed E-state index contributed by atoms with van der Waals surface area (Å²) < 4.78 is 21.8. The molecular formula is C13H27NO7Si. The van der Waals surface area contributed by atoms with Gasteiger partial charge in [-0.3, -0.25) is 14.9 Å². The van der Waals surface area contributed by atoms with Gasteiger partial charge in [-0.1, -0.05) is 0 Å². The topological polar surface area (TPSA) is 103 Å². The average molecular weight is 337 g/mol. The van der Waals surface area contributed by atoms with Crippen LogP contribution in [-0.2, 0) is 27.6 Å². The maximum absolute atomic E-state index is 11.8. The van der Waals surface area contributed by atoms with Crippen molar-refractivity contribution >= 4 is 20.7 Å². The highest BCUT2D eigenvalue weighted by atomic mass is 28.4. The summed E-state index contributed by atoms with van der Waals surface area (Å²) in [7, 11) is -2.99. The first-order chi connectivity index (χ1) is 10.4. The van der Waals surface area contributed by atoms with Crippen LogP contribution in [0.4, 0.5) is 0 Å². The summed E-state index contributed by atoms with van der Waals surface area (Å²) in [6.45, 7) is 8.50. The van der Waals surface area contributed by atoms with Crippen molar-refractivity contribution in [1.29, 1.82) is 0 Å². The number of aliphatic carboxylic acids is 1. The van der Waals surface area contributed by atoms with E-state index in [1.165, 1.54) is 0 Å². The zero-order valence-electron chi connectivity index (χ0n) is 13.7. The summed E-state index contributed by atoms with van der Waals surface area (Å²) in [6, 6.07) is -0.967. The van der Waals surface area contributed by atoms with E-state index < -0.39 is 26.8 Å². The van der Waals surface area contributed by atoms with E-state index in [0.29, 0.717) is 19.8 Å². The van der Waals surface area contributed by atoms with Crippen molar-refractivity contribution in [3.8, 4) is 0 Å². The third-order valence-electron chi connectivity index (χ3n) is 2.61. The number of carboxylic acids is 1. The maximum Gasteiger partial charge on any atom is 0.515 e. The fraction of sp³-hybridized carbons (Fsp3) is 0.846. The van der Waals surface area contributed by atoms with Gasteiger partial charge in [0.2, 0.25) is 0 Å². The summed E-state index contributed by atoms with van der Waals surface area (Å²) in [6.07, 6.45) is -0.243. The molecule has 2 N–H and O–H groups in total. The van der Waals surface area contributed by atoms with E-state index >= 15 is 0 Å². The molecule has 0 heterocycles. The van der Waals surface area contributed by atoms with Gasteiger partial charge in [0.15, 0.2) is 0 Å². The number of carbonyl (C=O) groups excluding carboxylic acids is 1. The van der Waals surface area contributed by atoms with Crippen LogP contribution in [0.25, 0.3) is 0 Å². The van der Waals surface area contributed by atoms with Crippen molar-refractivity contribution < 1.29 is 32.7 Å². The summed E-state index contributed by atoms with van der Waals surface area (Å²) in [5.74, 6) is -1.71. The summed E-state index contributed by atoms with van der Waals surface area (Å²) in [5, 5.41) is 11.8. The average Bonchev–Trinajstić information content (AvgIpc) is 2.44. The highest BCUT2D eigenvalue weighted by Crippen LogP contribution is 2.10. The molecule has 130 valence electrons. The predicted octanol–water partition coefficient (Wildman–Crippen LogP) is 0.570. The predicted molar refractivity (Wildman–Crippen MR) is 81.3 cm³/mol. The first-order valence-corrected chi connectivity index (χ1v) is 9.41. The number of carboxylic acid groups (broad SMARTS) is 1. The van der Waals surface area contributed by atoms with E-state index in [2.05, 4.69) is 5.32 Å². The molecule has 0 saturated carbocycles. The van der Waals surface area contributed by atoms with Gasteiger partial charge in [-0.15, -0.1) is 0 Å². The lowest BCUT2D eigenvalue weighted by molar-refractivity contribution is -0.150. The van der Waals surface area contributed by atoms with E-state index in [9.17, 15) is 9.59 Å². The molecule has 0 saturated heterocycles. The Labute approximate surface area is 132 Å². The summed E-state index contributed by atoms with van der Waals surface area (Å²) in [5.41, 5.74) is 0. The number of hydrogen-bond donors (Lipinski definition) is 2. The number of rotatable bonds is 13. The van der Waals surface area contributed by atoms with Gasteiger partial charge in [0.05, 0.1) is 19.2 Å². The molecule has 0 aliphatic rings. The minimum absolute atomic E-state index is 0.138. The van der Waals surface area contributed by atoms with Gasteiger partial charge >= 0.3 is 20.7 Å². The minimum atomic E-state index is -2.99. The van der Waals surface area contributed by atoms with Crippen molar-refractivity contribution in [3.63, 3.8) is 0 Å². The van der Waals surface area contributed by atoms with Crippen molar-refractivity contribution in [3.05, 3.63) is 0 Å². The van der Waals surface area contributed by atoms with Crippen LogP contribution in [-0.4, -0.2) is 64.5 Å². The molecule has 0 amide bonds. The molecule has 0 aliphatic carbocycles. The van der Waals surface area contributed by atoms with Crippen LogP contribution in [0, 0.1) is 0 Å². The van der Waals surface area contributed by atoms with Crippen molar-refractivity contribution in [2.75, 3.05) is 32.6 Å². The fourth-order valence-electron chi connectivity index (χ4n) is 1.84. The monoisotopic (exact) mass is 337 g/mol. The molecule has 0 aromatic rings. The van der Waals surface area contributed by atoms with Crippen LogP contribution in [0.15, 0.2) is 0 Å². The van der Waals surface area contributed by atoms with Crippen LogP contribution in [0.3, 0.4) is 0 Å². The Morgan fingerprint density at radius 1 is 1.00 bits per heavy atom. The lowest BCUT2D eigenvalue weighted by atomic mass is 10.2. The number of carbonyl (C=O) groups is 2. The smallest absolute Gasteiger partial charge is 0.481 e. The van der Waals surface area contributed by atoms with Crippen LogP contribution in [0.2, 0.25) is 0 Å². The van der Waals surface area contributed by atoms with Gasteiger partial charge in [-0.25, -0.2) is 0 Å². The highest BCUT2D eigenvalue weighted by molar-refractivity contribution is 6.61. The van der Waals surface area contributed by atoms with Gasteiger partial charge in [-0.05, 0) is 27.7 Å². The number of esters is 1. The van der Waals surface area contributed by atoms with Crippen LogP contribution in [0.1, 0.15) is 34.1 Å². The second-order valence-corrected chi connectivity index (χ2v) is 6.85. The molecule has 0 rings (SSSR count). The van der Waals surface area contributed by atoms with E-state index in [1.54, 1.807) is 6.92 Å². The zero-order valence-corrected chi connectivity index (χ0v) is 14.7. The van der Waals surface area contributed by atoms with E-state index in [-0.39, 0.29) is 19.2 Å². The molecule has 0 spiro atoms. The molecule has 0 radical (unpaired) electrons. The van der Waals surface area contributed by atoms with E-state index in [1.807, 2.05) is 20.8 Å². The summed E-state index contributed by atoms with van der Waals surface area (Å²) >= 11 is 0. The Morgan fingerprint density at radius 2 is 1.50 bits per heavy atom. The largest absolute Gasteiger partial charge is 0.515 e. The van der Waals surface area contributed by atoms with Crippen LogP contribution in [0.5, 0.6) is 0 Å². The third-order valence-corrected chi connectivity index (χ3v) is 5.43. The zero-order chi connectivity index (χ0) is 17.0. The number of ether oxygens (including phenoxy) is 1. The second kappa shape index (κ2) is 11.5. The van der Waals surface area contributed by atoms with Crippen molar-refractivity contribution in [1.82, 2.24) is 5.32 Å². The molecule has 0 aliphatic heterocycles. The first kappa shape index (κ1) is 21.0. The van der Waals surface area contributed by atoms with Gasteiger partial charge in [0, 0.05) is 19.8 Å². The van der Waals surface area contributed by atoms with Crippen molar-refractivity contribution in [2.45, 2.75) is 40.2 Å². The number of nitrogens with one attached hydrogen (secondary N) is 1. The Kier molecular flexibility index (Phi) is 11.0. The van der Waals surface area contributed by atoms with E-state index in [4.69, 9.17) is 23.1 Å². The molecular weight excluding hydrogens is 310 g/mol. The molecule has 22 heavy (non-hydrogen) atoms. The molecule has 0 bridgehead atoms. The molecule has 0 aromatic carbocycles. The second-order valence-electron chi connectivity index (χ2n) is 4.27. The van der Waals surface area contributed by atoms with Gasteiger partial charge in [0.1, 0.15) is 6.04 Å². The molecule has 0 aromatic heterocycles. The highest BCUT2D eigenvalue weighted by Gasteiger charge is 2.41. The quantitative estimate of drug-likeness (QED) is 0.371. The Hall–Kier alpha value is -1.00. The fourth-order valence-corrected chi connectivity index (χ4v) is 4.21. The molecule has 1 unspecified atom stereocenters. The standard InChI is InChI=1S/C13H27NO7Si/c1-5-18-13(17)11(9-12(15)16)14-10-22(19-6-2,20-7-3)21-8-4/h11,14H,5-10H2,1-4H3,(H,15,16). The van der Waals surface area contributed by atoms with Crippen LogP contribution >= 0.6 is 0 Å². The maximum atomic E-state index is 11.8. The summed E-state index contributed by atoms with van der Waals surface area (Å²) in [4.78, 5) is 22.7. The first-order valence-electron chi connectivity index (χ1n) is 7.48. The Morgan fingerprint density at radius 3 is 1.86 bits per heavy atom. The third kappa shape index (κ3) is 7.85. The molecule has 9 heteroatoms. The molecule has 1 atom stereocenters. The molecule has 0 fully saturated rings. The van der Waals surface area contributed by atoms with Gasteiger partial charge in [-0.2, -0.15) is 0 Å². The normalized spacial score (nSPS) is 12.9. The van der Waals surface area contributed by atoms with Crippen LogP contribution < -0.4 is 5.32 Å². The van der Waals surface area contributed by atoms with E-state index in [0.717, 1.165) is 0 Å².